The fourth-order valence-electron chi connectivity index (χ4n) is 1.43. The maximum absolute atomic E-state index is 5.87. The lowest BCUT2D eigenvalue weighted by Crippen LogP contribution is -2.46. The molecule has 0 unspecified atom stereocenters. The van der Waals surface area contributed by atoms with Gasteiger partial charge in [-0.2, -0.15) is 0 Å². The summed E-state index contributed by atoms with van der Waals surface area (Å²) in [5.41, 5.74) is 1.08. The van der Waals surface area contributed by atoms with Gasteiger partial charge in [-0.25, -0.2) is 0 Å². The minimum atomic E-state index is -0.185. The van der Waals surface area contributed by atoms with Crippen molar-refractivity contribution in [2.45, 2.75) is 18.9 Å². The van der Waals surface area contributed by atoms with Crippen molar-refractivity contribution < 1.29 is 4.74 Å². The normalized spacial score (nSPS) is 11.5. The molecule has 4 heteroatoms. The van der Waals surface area contributed by atoms with Crippen LogP contribution in [0.3, 0.4) is 0 Å². The number of hydrogen-bond acceptors (Lipinski definition) is 2. The maximum Gasteiger partial charge on any atom is 0.118 e. The number of halogens is 2. The molecule has 0 spiro atoms. The van der Waals surface area contributed by atoms with Gasteiger partial charge in [0.15, 0.2) is 0 Å². The molecule has 0 aromatic heterocycles. The highest BCUT2D eigenvalue weighted by molar-refractivity contribution is 6.22. The summed E-state index contributed by atoms with van der Waals surface area (Å²) in [5.74, 6) is 1.91. The summed E-state index contributed by atoms with van der Waals surface area (Å²) in [4.78, 5) is 0. The Bertz CT molecular complexity index is 323. The average molecular weight is 276 g/mol. The topological polar surface area (TPSA) is 21.3 Å². The van der Waals surface area contributed by atoms with Crippen LogP contribution in [0.4, 0.5) is 0 Å². The third kappa shape index (κ3) is 4.74. The fourth-order valence-corrected chi connectivity index (χ4v) is 1.91. The highest BCUT2D eigenvalue weighted by atomic mass is 35.5. The van der Waals surface area contributed by atoms with E-state index in [1.807, 2.05) is 19.1 Å². The van der Waals surface area contributed by atoms with Crippen molar-refractivity contribution >= 4 is 23.2 Å². The van der Waals surface area contributed by atoms with Gasteiger partial charge in [0.05, 0.1) is 7.11 Å². The van der Waals surface area contributed by atoms with Gasteiger partial charge in [-0.3, -0.25) is 0 Å². The summed E-state index contributed by atoms with van der Waals surface area (Å²) in [6, 6.07) is 8.08. The van der Waals surface area contributed by atoms with Crippen molar-refractivity contribution in [3.8, 4) is 5.75 Å². The Morgan fingerprint density at radius 3 is 2.24 bits per heavy atom. The van der Waals surface area contributed by atoms with Crippen molar-refractivity contribution in [1.29, 1.82) is 0 Å². The second-order valence-corrected chi connectivity index (χ2v) is 4.89. The second-order valence-electron chi connectivity index (χ2n) is 4.35. The van der Waals surface area contributed by atoms with E-state index in [0.717, 1.165) is 18.7 Å². The summed E-state index contributed by atoms with van der Waals surface area (Å²) in [6.45, 7) is 2.89. The van der Waals surface area contributed by atoms with Crippen molar-refractivity contribution in [1.82, 2.24) is 5.32 Å². The predicted octanol–water partition coefficient (Wildman–Crippen LogP) is 3.06. The monoisotopic (exact) mass is 275 g/mol. The van der Waals surface area contributed by atoms with Crippen LogP contribution in [0, 0.1) is 0 Å². The van der Waals surface area contributed by atoms with Gasteiger partial charge in [0.1, 0.15) is 5.75 Å². The first-order chi connectivity index (χ1) is 8.13. The van der Waals surface area contributed by atoms with Gasteiger partial charge in [0.25, 0.3) is 0 Å². The fraction of sp³-hybridized carbons (Fsp3) is 0.538. The molecular formula is C13H19Cl2NO. The number of rotatable bonds is 7. The SMILES string of the molecule is COc1ccc(CCNC(C)(CCl)CCl)cc1. The first kappa shape index (κ1) is 14.6. The van der Waals surface area contributed by atoms with Crippen LogP contribution in [0.5, 0.6) is 5.75 Å². The van der Waals surface area contributed by atoms with E-state index in [1.165, 1.54) is 5.56 Å². The zero-order valence-electron chi connectivity index (χ0n) is 10.3. The number of methoxy groups -OCH3 is 1. The maximum atomic E-state index is 5.87. The first-order valence-electron chi connectivity index (χ1n) is 5.63. The van der Waals surface area contributed by atoms with Crippen LogP contribution in [0.2, 0.25) is 0 Å². The van der Waals surface area contributed by atoms with Gasteiger partial charge < -0.3 is 10.1 Å². The number of benzene rings is 1. The molecule has 17 heavy (non-hydrogen) atoms. The van der Waals surface area contributed by atoms with E-state index >= 15 is 0 Å². The van der Waals surface area contributed by atoms with Crippen LogP contribution in [0.1, 0.15) is 12.5 Å². The molecular weight excluding hydrogens is 257 g/mol. The van der Waals surface area contributed by atoms with E-state index in [4.69, 9.17) is 27.9 Å². The van der Waals surface area contributed by atoms with Crippen molar-refractivity contribution in [3.63, 3.8) is 0 Å². The lowest BCUT2D eigenvalue weighted by Gasteiger charge is -2.26. The molecule has 1 N–H and O–H groups in total. The zero-order chi connectivity index (χ0) is 12.7. The highest BCUT2D eigenvalue weighted by Gasteiger charge is 2.20. The molecule has 0 atom stereocenters. The minimum Gasteiger partial charge on any atom is -0.497 e. The van der Waals surface area contributed by atoms with E-state index in [1.54, 1.807) is 7.11 Å². The molecule has 1 aromatic carbocycles. The van der Waals surface area contributed by atoms with Crippen LogP contribution in [-0.2, 0) is 6.42 Å². The van der Waals surface area contributed by atoms with E-state index < -0.39 is 0 Å². The standard InChI is InChI=1S/C13H19Cl2NO/c1-13(9-14,10-15)16-8-7-11-3-5-12(17-2)6-4-11/h3-6,16H,7-10H2,1-2H3. The Morgan fingerprint density at radius 1 is 1.18 bits per heavy atom. The molecule has 0 amide bonds. The van der Waals surface area contributed by atoms with Gasteiger partial charge >= 0.3 is 0 Å². The second kappa shape index (κ2) is 7.10. The molecule has 0 fully saturated rings. The molecule has 0 saturated heterocycles. The Balaban J connectivity index is 2.40. The molecule has 0 heterocycles. The summed E-state index contributed by atoms with van der Waals surface area (Å²) < 4.78 is 5.11. The van der Waals surface area contributed by atoms with E-state index in [0.29, 0.717) is 11.8 Å². The average Bonchev–Trinajstić information content (AvgIpc) is 2.39. The molecule has 0 saturated carbocycles. The Kier molecular flexibility index (Phi) is 6.10. The van der Waals surface area contributed by atoms with Crippen molar-refractivity contribution in [2.24, 2.45) is 0 Å². The van der Waals surface area contributed by atoms with Gasteiger partial charge in [0, 0.05) is 17.3 Å². The number of hydrogen-bond donors (Lipinski definition) is 1. The summed E-state index contributed by atoms with van der Waals surface area (Å²) in [7, 11) is 1.67. The van der Waals surface area contributed by atoms with Gasteiger partial charge in [0.2, 0.25) is 0 Å². The number of ether oxygens (including phenoxy) is 1. The summed E-state index contributed by atoms with van der Waals surface area (Å²) in [6.07, 6.45) is 0.952. The minimum absolute atomic E-state index is 0.185. The molecule has 0 radical (unpaired) electrons. The Hall–Kier alpha value is -0.440. The lowest BCUT2D eigenvalue weighted by molar-refractivity contribution is 0.414. The van der Waals surface area contributed by atoms with Crippen LogP contribution in [-0.4, -0.2) is 31.0 Å². The molecule has 0 bridgehead atoms. The molecule has 0 aliphatic carbocycles. The van der Waals surface area contributed by atoms with Gasteiger partial charge in [-0.15, -0.1) is 23.2 Å². The van der Waals surface area contributed by atoms with Crippen molar-refractivity contribution in [2.75, 3.05) is 25.4 Å². The van der Waals surface area contributed by atoms with Crippen molar-refractivity contribution in [3.05, 3.63) is 29.8 Å². The predicted molar refractivity (Wildman–Crippen MR) is 74.5 cm³/mol. The van der Waals surface area contributed by atoms with E-state index in [9.17, 15) is 0 Å². The molecule has 1 aromatic rings. The summed E-state index contributed by atoms with van der Waals surface area (Å²) >= 11 is 11.7. The van der Waals surface area contributed by atoms with Gasteiger partial charge in [-0.05, 0) is 37.6 Å². The lowest BCUT2D eigenvalue weighted by atomic mass is 10.1. The van der Waals surface area contributed by atoms with E-state index in [-0.39, 0.29) is 5.54 Å². The summed E-state index contributed by atoms with van der Waals surface area (Å²) in [5, 5.41) is 3.38. The van der Waals surface area contributed by atoms with E-state index in [2.05, 4.69) is 17.4 Å². The molecule has 2 nitrogen and oxygen atoms in total. The zero-order valence-corrected chi connectivity index (χ0v) is 11.8. The Labute approximate surface area is 113 Å². The molecule has 0 aliphatic rings. The number of nitrogens with one attached hydrogen (secondary N) is 1. The third-order valence-electron chi connectivity index (χ3n) is 2.71. The third-order valence-corrected chi connectivity index (χ3v) is 3.89. The van der Waals surface area contributed by atoms with Crippen LogP contribution in [0.15, 0.2) is 24.3 Å². The number of alkyl halides is 2. The van der Waals surface area contributed by atoms with Crippen LogP contribution >= 0.6 is 23.2 Å². The Morgan fingerprint density at radius 2 is 1.76 bits per heavy atom. The largest absolute Gasteiger partial charge is 0.497 e. The molecule has 96 valence electrons. The van der Waals surface area contributed by atoms with Gasteiger partial charge in [-0.1, -0.05) is 12.1 Å². The molecule has 1 rings (SSSR count). The van der Waals surface area contributed by atoms with Crippen LogP contribution < -0.4 is 10.1 Å². The highest BCUT2D eigenvalue weighted by Crippen LogP contribution is 2.12. The van der Waals surface area contributed by atoms with Crippen LogP contribution in [0.25, 0.3) is 0 Å². The quantitative estimate of drug-likeness (QED) is 0.773. The first-order valence-corrected chi connectivity index (χ1v) is 6.70. The molecule has 0 aliphatic heterocycles. The smallest absolute Gasteiger partial charge is 0.118 e.